The maximum Gasteiger partial charge on any atom is 0.346 e. The zero-order valence-corrected chi connectivity index (χ0v) is 19.5. The summed E-state index contributed by atoms with van der Waals surface area (Å²) in [6.45, 7) is 16.4. The average molecular weight is 393 g/mol. The van der Waals surface area contributed by atoms with Crippen molar-refractivity contribution in [1.82, 2.24) is 0 Å². The van der Waals surface area contributed by atoms with Crippen molar-refractivity contribution in [2.24, 2.45) is 0 Å². The molecule has 0 heterocycles. The number of hydrogen-bond donors (Lipinski definition) is 0. The normalized spacial score (nSPS) is 15.4. The Hall–Kier alpha value is -0.749. The van der Waals surface area contributed by atoms with Crippen molar-refractivity contribution in [3.05, 3.63) is 12.2 Å². The van der Waals surface area contributed by atoms with E-state index in [-0.39, 0.29) is 0 Å². The van der Waals surface area contributed by atoms with E-state index >= 15 is 0 Å². The minimum atomic E-state index is -2.30. The molecule has 1 atom stereocenters. The molecule has 6 nitrogen and oxygen atoms in total. The molecule has 0 N–H and O–H groups in total. The molecule has 0 aromatic carbocycles. The highest BCUT2D eigenvalue weighted by molar-refractivity contribution is 6.81. The van der Waals surface area contributed by atoms with Crippen LogP contribution in [0.15, 0.2) is 12.2 Å². The number of carbonyl (C=O) groups excluding carboxylic acids is 2. The van der Waals surface area contributed by atoms with Crippen LogP contribution >= 0.6 is 0 Å². The lowest BCUT2D eigenvalue weighted by molar-refractivity contribution is -0.147. The molecular weight excluding hydrogens is 360 g/mol. The Morgan fingerprint density at radius 3 is 1.71 bits per heavy atom. The lowest BCUT2D eigenvalue weighted by Crippen LogP contribution is -2.57. The maximum absolute atomic E-state index is 12.1. The summed E-state index contributed by atoms with van der Waals surface area (Å²) in [6, 6.07) is 0. The zero-order valence-electron chi connectivity index (χ0n) is 16.4. The molecule has 0 amide bonds. The smallest absolute Gasteiger partial charge is 0.346 e. The van der Waals surface area contributed by atoms with E-state index in [1.807, 2.05) is 13.8 Å². The van der Waals surface area contributed by atoms with E-state index in [1.165, 1.54) is 7.11 Å². The fraction of sp³-hybridized carbons (Fsp3) is 0.733. The first kappa shape index (κ1) is 23.3. The fourth-order valence-corrected chi connectivity index (χ4v) is 9.97. The van der Waals surface area contributed by atoms with Crippen molar-refractivity contribution < 1.29 is 27.3 Å². The number of carbonyl (C=O) groups is 2. The minimum Gasteiger partial charge on any atom is -0.466 e. The van der Waals surface area contributed by atoms with E-state index in [9.17, 15) is 9.59 Å². The molecule has 0 aliphatic heterocycles. The second-order valence-electron chi connectivity index (χ2n) is 7.74. The van der Waals surface area contributed by atoms with Gasteiger partial charge in [-0.3, -0.25) is 0 Å². The number of rotatable bonds is 9. The van der Waals surface area contributed by atoms with E-state index < -0.39 is 43.1 Å². The highest BCUT2D eigenvalue weighted by Gasteiger charge is 2.45. The molecule has 0 saturated heterocycles. The molecule has 0 aromatic rings. The van der Waals surface area contributed by atoms with Crippen LogP contribution in [0, 0.1) is 0 Å². The number of methoxy groups -OCH3 is 1. The van der Waals surface area contributed by atoms with Gasteiger partial charge < -0.3 is 17.7 Å². The predicted octanol–water partition coefficient (Wildman–Crippen LogP) is 2.89. The van der Waals surface area contributed by atoms with Gasteiger partial charge in [0.25, 0.3) is 0 Å². The molecule has 0 radical (unpaired) electrons. The van der Waals surface area contributed by atoms with Gasteiger partial charge in [-0.25, -0.2) is 9.59 Å². The Bertz CT molecular complexity index is 451. The van der Waals surface area contributed by atoms with Crippen LogP contribution in [0.1, 0.15) is 20.3 Å². The molecule has 24 heavy (non-hydrogen) atoms. The van der Waals surface area contributed by atoms with Gasteiger partial charge in [-0.2, -0.15) is 0 Å². The van der Waals surface area contributed by atoms with Gasteiger partial charge in [0.05, 0.1) is 7.11 Å². The van der Waals surface area contributed by atoms with Gasteiger partial charge in [0.1, 0.15) is 5.22 Å². The lowest BCUT2D eigenvalue weighted by Gasteiger charge is -2.40. The van der Waals surface area contributed by atoms with Gasteiger partial charge in [0.2, 0.25) is 0 Å². The second kappa shape index (κ2) is 9.09. The Kier molecular flexibility index (Phi) is 8.80. The van der Waals surface area contributed by atoms with Gasteiger partial charge in [-0.1, -0.05) is 6.92 Å². The highest BCUT2D eigenvalue weighted by Crippen LogP contribution is 2.26. The first-order valence-electron chi connectivity index (χ1n) is 8.07. The van der Waals surface area contributed by atoms with E-state index in [2.05, 4.69) is 44.0 Å². The average Bonchev–Trinajstić information content (AvgIpc) is 2.40. The third-order valence-corrected chi connectivity index (χ3v) is 11.9. The third kappa shape index (κ3) is 9.52. The monoisotopic (exact) mass is 392 g/mol. The Labute approximate surface area is 149 Å². The summed E-state index contributed by atoms with van der Waals surface area (Å²) in [5.74, 6) is -1.20. The van der Waals surface area contributed by atoms with Crippen LogP contribution in [0.4, 0.5) is 0 Å². The summed E-state index contributed by atoms with van der Waals surface area (Å²) in [7, 11) is -4.77. The van der Waals surface area contributed by atoms with Crippen LogP contribution in [-0.2, 0) is 27.3 Å². The van der Waals surface area contributed by atoms with Crippen LogP contribution in [0.3, 0.4) is 0 Å². The van der Waals surface area contributed by atoms with Crippen molar-refractivity contribution >= 4 is 37.9 Å². The molecule has 1 unspecified atom stereocenters. The SMILES string of the molecule is CCC(C)(OC(=O)C=CC(=O)OC)[SiH](O[Si](C)(C)C)O[Si](C)(C)C. The number of ether oxygens (including phenoxy) is 2. The Balaban J connectivity index is 5.36. The van der Waals surface area contributed by atoms with Crippen molar-refractivity contribution in [3.63, 3.8) is 0 Å². The largest absolute Gasteiger partial charge is 0.466 e. The van der Waals surface area contributed by atoms with E-state index in [0.29, 0.717) is 6.42 Å². The van der Waals surface area contributed by atoms with Gasteiger partial charge in [0.15, 0.2) is 16.6 Å². The van der Waals surface area contributed by atoms with E-state index in [1.54, 1.807) is 0 Å². The topological polar surface area (TPSA) is 71.1 Å². The molecule has 0 spiro atoms. The molecule has 0 fully saturated rings. The quantitative estimate of drug-likeness (QED) is 0.341. The summed E-state index contributed by atoms with van der Waals surface area (Å²) in [4.78, 5) is 23.2. The first-order chi connectivity index (χ1) is 10.7. The van der Waals surface area contributed by atoms with Crippen LogP contribution < -0.4 is 0 Å². The number of hydrogen-bond acceptors (Lipinski definition) is 6. The van der Waals surface area contributed by atoms with Crippen LogP contribution in [0.2, 0.25) is 39.3 Å². The summed E-state index contributed by atoms with van der Waals surface area (Å²) in [5, 5.41) is -0.807. The van der Waals surface area contributed by atoms with Crippen LogP contribution in [-0.4, -0.2) is 50.2 Å². The third-order valence-electron chi connectivity index (χ3n) is 3.01. The van der Waals surface area contributed by atoms with Gasteiger partial charge in [-0.15, -0.1) is 0 Å². The lowest BCUT2D eigenvalue weighted by atomic mass is 10.3. The molecule has 0 aliphatic rings. The highest BCUT2D eigenvalue weighted by atomic mass is 28.4. The Morgan fingerprint density at radius 1 is 0.958 bits per heavy atom. The van der Waals surface area contributed by atoms with E-state index in [0.717, 1.165) is 12.2 Å². The van der Waals surface area contributed by atoms with E-state index in [4.69, 9.17) is 13.0 Å². The van der Waals surface area contributed by atoms with Gasteiger partial charge in [0, 0.05) is 12.2 Å². The van der Waals surface area contributed by atoms with Gasteiger partial charge in [-0.05, 0) is 52.6 Å². The molecule has 0 bridgehead atoms. The number of esters is 2. The molecule has 0 rings (SSSR count). The second-order valence-corrected chi connectivity index (χ2v) is 20.0. The predicted molar refractivity (Wildman–Crippen MR) is 102 cm³/mol. The minimum absolute atomic E-state index is 0.580. The van der Waals surface area contributed by atoms with Crippen LogP contribution in [0.5, 0.6) is 0 Å². The van der Waals surface area contributed by atoms with Crippen molar-refractivity contribution in [1.29, 1.82) is 0 Å². The molecular formula is C15H32O6Si3. The van der Waals surface area contributed by atoms with Crippen molar-refractivity contribution in [2.45, 2.75) is 64.8 Å². The molecule has 0 saturated carbocycles. The fourth-order valence-electron chi connectivity index (χ4n) is 1.67. The Morgan fingerprint density at radius 2 is 1.38 bits per heavy atom. The maximum atomic E-state index is 12.1. The molecule has 0 aliphatic carbocycles. The summed E-state index contributed by atoms with van der Waals surface area (Å²) >= 11 is 0. The molecule has 9 heteroatoms. The molecule has 0 aromatic heterocycles. The standard InChI is InChI=1S/C15H32O6Si3/c1-10-15(2,19-14(17)12-11-13(16)18-3)22(20-23(4,5)6)21-24(7,8)9/h11-12,22H,10H2,1-9H3. The summed E-state index contributed by atoms with van der Waals surface area (Å²) < 4.78 is 22.8. The van der Waals surface area contributed by atoms with Crippen molar-refractivity contribution in [2.75, 3.05) is 7.11 Å². The summed E-state index contributed by atoms with van der Waals surface area (Å²) in [5.41, 5.74) is 0. The summed E-state index contributed by atoms with van der Waals surface area (Å²) in [6.07, 6.45) is 2.71. The molecule has 140 valence electrons. The van der Waals surface area contributed by atoms with Gasteiger partial charge >= 0.3 is 21.2 Å². The van der Waals surface area contributed by atoms with Crippen LogP contribution in [0.25, 0.3) is 0 Å². The zero-order chi connectivity index (χ0) is 19.2. The van der Waals surface area contributed by atoms with Crippen molar-refractivity contribution in [3.8, 4) is 0 Å². The first-order valence-corrected chi connectivity index (χ1v) is 16.4.